The van der Waals surface area contributed by atoms with Crippen LogP contribution in [0.25, 0.3) is 0 Å². The van der Waals surface area contributed by atoms with Gasteiger partial charge in [-0.3, -0.25) is 5.32 Å². The van der Waals surface area contributed by atoms with E-state index in [1.165, 1.54) is 15.6 Å². The van der Waals surface area contributed by atoms with Crippen LogP contribution in [0.3, 0.4) is 0 Å². The van der Waals surface area contributed by atoms with Crippen molar-refractivity contribution in [3.8, 4) is 0 Å². The fraction of sp³-hybridized carbons (Fsp3) is 0.375. The fourth-order valence-corrected chi connectivity index (χ4v) is 5.06. The molecule has 0 radical (unpaired) electrons. The lowest BCUT2D eigenvalue weighted by molar-refractivity contribution is 0.188. The summed E-state index contributed by atoms with van der Waals surface area (Å²) < 4.78 is 25.0. The van der Waals surface area contributed by atoms with E-state index in [0.29, 0.717) is 20.9 Å². The van der Waals surface area contributed by atoms with Crippen LogP contribution < -0.4 is 10.6 Å². The number of sulfonamides is 1. The molecule has 28 heavy (non-hydrogen) atoms. The van der Waals surface area contributed by atoms with Crippen molar-refractivity contribution in [3.63, 3.8) is 0 Å². The minimum absolute atomic E-state index is 0.0356. The third-order valence-electron chi connectivity index (χ3n) is 4.18. The highest BCUT2D eigenvalue weighted by molar-refractivity contribution is 7.88. The molecule has 2 aromatic rings. The molecule has 8 nitrogen and oxygen atoms in total. The molecule has 1 aromatic heterocycles. The maximum Gasteiger partial charge on any atom is 0.321 e. The molecule has 1 aromatic carbocycles. The van der Waals surface area contributed by atoms with Gasteiger partial charge in [0.25, 0.3) is 0 Å². The largest absolute Gasteiger partial charge is 0.392 e. The molecule has 2 atom stereocenters. The van der Waals surface area contributed by atoms with Crippen molar-refractivity contribution in [2.45, 2.75) is 25.1 Å². The number of aliphatic hydroxyl groups excluding tert-OH is 1. The molecule has 1 aliphatic rings. The Morgan fingerprint density at radius 2 is 2.14 bits per heavy atom. The average molecular weight is 465 g/mol. The summed E-state index contributed by atoms with van der Waals surface area (Å²) >= 11 is 13.0. The number of halogens is 2. The number of carbonyl (C=O) groups excluding carboxylic acids is 1. The van der Waals surface area contributed by atoms with Crippen LogP contribution in [0.15, 0.2) is 23.6 Å². The predicted molar refractivity (Wildman–Crippen MR) is 109 cm³/mol. The van der Waals surface area contributed by atoms with Crippen molar-refractivity contribution < 1.29 is 18.3 Å². The Hall–Kier alpha value is -1.43. The van der Waals surface area contributed by atoms with Crippen LogP contribution in [-0.4, -0.2) is 47.7 Å². The number of β-amino-alcohol motifs (C(OH)–C–C–N with tert-alkyl or cyclic N) is 1. The zero-order valence-electron chi connectivity index (χ0n) is 14.7. The van der Waals surface area contributed by atoms with E-state index in [0.717, 1.165) is 11.8 Å². The van der Waals surface area contributed by atoms with Crippen LogP contribution in [0.5, 0.6) is 0 Å². The van der Waals surface area contributed by atoms with Crippen LogP contribution >= 0.6 is 34.5 Å². The molecular weight excluding hydrogens is 447 g/mol. The third-order valence-corrected chi connectivity index (χ3v) is 6.95. The van der Waals surface area contributed by atoms with E-state index < -0.39 is 28.2 Å². The zero-order valence-corrected chi connectivity index (χ0v) is 17.9. The Kier molecular flexibility index (Phi) is 6.47. The summed E-state index contributed by atoms with van der Waals surface area (Å²) in [5, 5.41) is 18.0. The van der Waals surface area contributed by atoms with E-state index in [1.807, 2.05) is 0 Å². The van der Waals surface area contributed by atoms with Gasteiger partial charge < -0.3 is 10.4 Å². The Morgan fingerprint density at radius 1 is 1.39 bits per heavy atom. The van der Waals surface area contributed by atoms with Gasteiger partial charge in [-0.2, -0.15) is 4.31 Å². The molecule has 3 N–H and O–H groups in total. The lowest BCUT2D eigenvalue weighted by atomic mass is 10.1. The molecule has 2 unspecified atom stereocenters. The SMILES string of the molecule is CS(=O)(=O)N1CC(O)CC1c1csc(NC(=O)NCc2ccc(Cl)c(Cl)c2)n1. The summed E-state index contributed by atoms with van der Waals surface area (Å²) in [5.41, 5.74) is 1.28. The van der Waals surface area contributed by atoms with E-state index >= 15 is 0 Å². The van der Waals surface area contributed by atoms with Gasteiger partial charge >= 0.3 is 6.03 Å². The van der Waals surface area contributed by atoms with Crippen LogP contribution in [0.4, 0.5) is 9.93 Å². The second-order valence-corrected chi connectivity index (χ2v) is 9.98. The number of benzene rings is 1. The number of hydrogen-bond donors (Lipinski definition) is 3. The molecule has 12 heteroatoms. The lowest BCUT2D eigenvalue weighted by Gasteiger charge is -2.19. The average Bonchev–Trinajstić information content (AvgIpc) is 3.22. The van der Waals surface area contributed by atoms with E-state index in [2.05, 4.69) is 15.6 Å². The number of thiazole rings is 1. The van der Waals surface area contributed by atoms with E-state index in [-0.39, 0.29) is 19.5 Å². The molecule has 0 saturated carbocycles. The molecule has 1 aliphatic heterocycles. The van der Waals surface area contributed by atoms with Crippen molar-refractivity contribution in [2.24, 2.45) is 0 Å². The normalized spacial score (nSPS) is 20.3. The van der Waals surface area contributed by atoms with Crippen molar-refractivity contribution >= 4 is 55.7 Å². The smallest absolute Gasteiger partial charge is 0.321 e. The molecule has 2 heterocycles. The van der Waals surface area contributed by atoms with Crippen LogP contribution in [0, 0.1) is 0 Å². The highest BCUT2D eigenvalue weighted by Crippen LogP contribution is 2.35. The van der Waals surface area contributed by atoms with Crippen LogP contribution in [0.2, 0.25) is 10.0 Å². The Labute approximate surface area is 176 Å². The standard InChI is InChI=1S/C16H18Cl2N4O4S2/c1-28(25,26)22-7-10(23)5-14(22)13-8-27-16(20-13)21-15(24)19-6-9-2-3-11(17)12(18)4-9/h2-4,8,10,14,23H,5-7H2,1H3,(H2,19,20,21,24). The second kappa shape index (κ2) is 8.52. The summed E-state index contributed by atoms with van der Waals surface area (Å²) in [5.74, 6) is 0. The van der Waals surface area contributed by atoms with Gasteiger partial charge in [0.05, 0.1) is 34.1 Å². The molecular formula is C16H18Cl2N4O4S2. The Bertz CT molecular complexity index is 983. The summed E-state index contributed by atoms with van der Waals surface area (Å²) in [4.78, 5) is 16.4. The topological polar surface area (TPSA) is 112 Å². The first-order valence-corrected chi connectivity index (χ1v) is 11.7. The molecule has 1 fully saturated rings. The summed E-state index contributed by atoms with van der Waals surface area (Å²) in [6.07, 6.45) is 0.618. The first kappa shape index (κ1) is 21.3. The van der Waals surface area contributed by atoms with Gasteiger partial charge in [-0.05, 0) is 24.1 Å². The van der Waals surface area contributed by atoms with Gasteiger partial charge in [0.1, 0.15) is 0 Å². The second-order valence-electron chi connectivity index (χ2n) is 6.37. The van der Waals surface area contributed by atoms with Gasteiger partial charge in [-0.1, -0.05) is 29.3 Å². The Balaban J connectivity index is 1.61. The number of carbonyl (C=O) groups is 1. The molecule has 0 aliphatic carbocycles. The molecule has 1 saturated heterocycles. The van der Waals surface area contributed by atoms with E-state index in [4.69, 9.17) is 23.2 Å². The maximum absolute atomic E-state index is 12.1. The zero-order chi connectivity index (χ0) is 20.5. The monoisotopic (exact) mass is 464 g/mol. The summed E-state index contributed by atoms with van der Waals surface area (Å²) in [6, 6.07) is 4.06. The third kappa shape index (κ3) is 5.13. The number of aliphatic hydroxyl groups is 1. The Morgan fingerprint density at radius 3 is 2.82 bits per heavy atom. The highest BCUT2D eigenvalue weighted by atomic mass is 35.5. The number of urea groups is 1. The van der Waals surface area contributed by atoms with Gasteiger partial charge in [-0.15, -0.1) is 11.3 Å². The molecule has 152 valence electrons. The summed E-state index contributed by atoms with van der Waals surface area (Å²) in [7, 11) is -3.47. The molecule has 2 amide bonds. The van der Waals surface area contributed by atoms with Crippen molar-refractivity contribution in [1.29, 1.82) is 0 Å². The minimum atomic E-state index is -3.47. The van der Waals surface area contributed by atoms with Crippen molar-refractivity contribution in [3.05, 3.63) is 44.9 Å². The van der Waals surface area contributed by atoms with Crippen molar-refractivity contribution in [1.82, 2.24) is 14.6 Å². The number of nitrogens with zero attached hydrogens (tertiary/aromatic N) is 2. The van der Waals surface area contributed by atoms with E-state index in [1.54, 1.807) is 23.6 Å². The fourth-order valence-electron chi connectivity index (χ4n) is 2.89. The first-order chi connectivity index (χ1) is 13.1. The van der Waals surface area contributed by atoms with Gasteiger partial charge in [0, 0.05) is 18.5 Å². The van der Waals surface area contributed by atoms with E-state index in [9.17, 15) is 18.3 Å². The lowest BCUT2D eigenvalue weighted by Crippen LogP contribution is -2.31. The number of nitrogens with one attached hydrogen (secondary N) is 2. The minimum Gasteiger partial charge on any atom is -0.392 e. The maximum atomic E-state index is 12.1. The highest BCUT2D eigenvalue weighted by Gasteiger charge is 2.38. The number of hydrogen-bond acceptors (Lipinski definition) is 6. The number of rotatable bonds is 5. The van der Waals surface area contributed by atoms with Gasteiger partial charge in [0.2, 0.25) is 10.0 Å². The quantitative estimate of drug-likeness (QED) is 0.629. The van der Waals surface area contributed by atoms with Gasteiger partial charge in [0.15, 0.2) is 5.13 Å². The number of anilines is 1. The molecule has 3 rings (SSSR count). The summed E-state index contributed by atoms with van der Waals surface area (Å²) in [6.45, 7) is 0.283. The predicted octanol–water partition coefficient (Wildman–Crippen LogP) is 2.84. The van der Waals surface area contributed by atoms with Gasteiger partial charge in [-0.25, -0.2) is 18.2 Å². The molecule has 0 bridgehead atoms. The number of amides is 2. The number of aromatic nitrogens is 1. The first-order valence-electron chi connectivity index (χ1n) is 8.22. The van der Waals surface area contributed by atoms with Crippen LogP contribution in [0.1, 0.15) is 23.7 Å². The van der Waals surface area contributed by atoms with Crippen LogP contribution in [-0.2, 0) is 16.6 Å². The molecule has 0 spiro atoms. The van der Waals surface area contributed by atoms with Crippen molar-refractivity contribution in [2.75, 3.05) is 18.1 Å².